The van der Waals surface area contributed by atoms with Crippen molar-refractivity contribution in [2.75, 3.05) is 26.7 Å². The first-order valence-corrected chi connectivity index (χ1v) is 7.94. The van der Waals surface area contributed by atoms with Crippen LogP contribution in [0.15, 0.2) is 24.5 Å². The quantitative estimate of drug-likeness (QED) is 0.883. The van der Waals surface area contributed by atoms with Gasteiger partial charge in [-0.1, -0.05) is 6.07 Å². The van der Waals surface area contributed by atoms with E-state index < -0.39 is 6.04 Å². The Morgan fingerprint density at radius 3 is 2.83 bits per heavy atom. The van der Waals surface area contributed by atoms with Crippen molar-refractivity contribution < 1.29 is 14.3 Å². The molecule has 1 aromatic rings. The van der Waals surface area contributed by atoms with E-state index in [1.807, 2.05) is 17.0 Å². The minimum absolute atomic E-state index is 0.00779. The second-order valence-electron chi connectivity index (χ2n) is 6.08. The monoisotopic (exact) mass is 318 g/mol. The molecule has 124 valence electrons. The number of rotatable bonds is 4. The molecule has 2 fully saturated rings. The number of urea groups is 1. The number of carbonyl (C=O) groups is 2. The number of aromatic nitrogens is 1. The summed E-state index contributed by atoms with van der Waals surface area (Å²) in [4.78, 5) is 31.3. The van der Waals surface area contributed by atoms with Crippen molar-refractivity contribution in [2.24, 2.45) is 0 Å². The van der Waals surface area contributed by atoms with E-state index >= 15 is 0 Å². The van der Waals surface area contributed by atoms with E-state index in [0.29, 0.717) is 26.2 Å². The topological polar surface area (TPSA) is 74.8 Å². The molecule has 0 bridgehead atoms. The molecule has 0 saturated carbocycles. The Labute approximate surface area is 135 Å². The van der Waals surface area contributed by atoms with Crippen molar-refractivity contribution in [2.45, 2.75) is 31.6 Å². The summed E-state index contributed by atoms with van der Waals surface area (Å²) < 4.78 is 5.90. The molecule has 0 radical (unpaired) electrons. The van der Waals surface area contributed by atoms with Crippen LogP contribution in [0, 0.1) is 0 Å². The lowest BCUT2D eigenvalue weighted by molar-refractivity contribution is -0.135. The minimum atomic E-state index is -0.416. The molecule has 0 aliphatic carbocycles. The number of ether oxygens (including phenoxy) is 1. The van der Waals surface area contributed by atoms with Crippen molar-refractivity contribution in [3.8, 4) is 0 Å². The van der Waals surface area contributed by atoms with Crippen molar-refractivity contribution in [3.63, 3.8) is 0 Å². The number of amides is 3. The highest BCUT2D eigenvalue weighted by Gasteiger charge is 2.35. The fourth-order valence-corrected chi connectivity index (χ4v) is 2.96. The van der Waals surface area contributed by atoms with Crippen molar-refractivity contribution in [1.29, 1.82) is 0 Å². The van der Waals surface area contributed by atoms with Crippen molar-refractivity contribution in [3.05, 3.63) is 30.1 Å². The largest absolute Gasteiger partial charge is 0.373 e. The van der Waals surface area contributed by atoms with Gasteiger partial charge < -0.3 is 19.9 Å². The molecule has 0 aromatic carbocycles. The molecule has 23 heavy (non-hydrogen) atoms. The second-order valence-corrected chi connectivity index (χ2v) is 6.08. The highest BCUT2D eigenvalue weighted by atomic mass is 16.5. The molecule has 7 heteroatoms. The number of piperidine rings is 1. The average molecular weight is 318 g/mol. The van der Waals surface area contributed by atoms with E-state index in [2.05, 4.69) is 10.3 Å². The number of likely N-dealkylation sites (tertiary alicyclic amines) is 1. The third kappa shape index (κ3) is 3.79. The Bertz CT molecular complexity index is 558. The average Bonchev–Trinajstić information content (AvgIpc) is 2.93. The van der Waals surface area contributed by atoms with Gasteiger partial charge in [0.1, 0.15) is 6.04 Å². The second kappa shape index (κ2) is 6.95. The van der Waals surface area contributed by atoms with Crippen LogP contribution in [0.4, 0.5) is 4.79 Å². The highest BCUT2D eigenvalue weighted by molar-refractivity contribution is 5.90. The molecule has 2 saturated heterocycles. The number of likely N-dealkylation sites (N-methyl/N-ethyl adjacent to an activating group) is 1. The van der Waals surface area contributed by atoms with E-state index in [0.717, 1.165) is 18.4 Å². The minimum Gasteiger partial charge on any atom is -0.373 e. The maximum Gasteiger partial charge on any atom is 0.317 e. The van der Waals surface area contributed by atoms with Gasteiger partial charge in [-0.2, -0.15) is 0 Å². The lowest BCUT2D eigenvalue weighted by atomic mass is 10.1. The van der Waals surface area contributed by atoms with Gasteiger partial charge in [-0.05, 0) is 24.5 Å². The normalized spacial score (nSPS) is 22.3. The van der Waals surface area contributed by atoms with Gasteiger partial charge in [0.2, 0.25) is 5.91 Å². The Morgan fingerprint density at radius 1 is 1.43 bits per heavy atom. The van der Waals surface area contributed by atoms with Crippen molar-refractivity contribution >= 4 is 11.9 Å². The zero-order valence-electron chi connectivity index (χ0n) is 13.3. The SMILES string of the molecule is CN1CC(C(=O)N2CCC(OCc3cccnc3)CC2)NC1=O. The van der Waals surface area contributed by atoms with Gasteiger partial charge in [-0.25, -0.2) is 4.79 Å². The molecule has 0 spiro atoms. The Balaban J connectivity index is 1.43. The Hall–Kier alpha value is -2.15. The fourth-order valence-electron chi connectivity index (χ4n) is 2.96. The molecular formula is C16H22N4O3. The summed E-state index contributed by atoms with van der Waals surface area (Å²) in [5, 5.41) is 2.72. The van der Waals surface area contributed by atoms with Gasteiger partial charge in [0.05, 0.1) is 19.3 Å². The Morgan fingerprint density at radius 2 is 2.22 bits per heavy atom. The summed E-state index contributed by atoms with van der Waals surface area (Å²) >= 11 is 0. The maximum atomic E-state index is 12.4. The van der Waals surface area contributed by atoms with E-state index in [9.17, 15) is 9.59 Å². The summed E-state index contributed by atoms with van der Waals surface area (Å²) in [5.41, 5.74) is 1.06. The van der Waals surface area contributed by atoms with Crippen LogP contribution in [0.25, 0.3) is 0 Å². The van der Waals surface area contributed by atoms with Crippen LogP contribution in [0.5, 0.6) is 0 Å². The van der Waals surface area contributed by atoms with Crippen LogP contribution in [-0.4, -0.2) is 65.5 Å². The Kier molecular flexibility index (Phi) is 4.76. The van der Waals surface area contributed by atoms with Gasteiger partial charge in [-0.3, -0.25) is 9.78 Å². The smallest absolute Gasteiger partial charge is 0.317 e. The van der Waals surface area contributed by atoms with E-state index in [-0.39, 0.29) is 18.0 Å². The van der Waals surface area contributed by atoms with Gasteiger partial charge in [0.15, 0.2) is 0 Å². The standard InChI is InChI=1S/C16H22N4O3/c1-19-10-14(18-16(19)22)15(21)20-7-4-13(5-8-20)23-11-12-3-2-6-17-9-12/h2-3,6,9,13-14H,4-5,7-8,10-11H2,1H3,(H,18,22). The number of hydrogen-bond acceptors (Lipinski definition) is 4. The van der Waals surface area contributed by atoms with Crippen molar-refractivity contribution in [1.82, 2.24) is 20.1 Å². The fraction of sp³-hybridized carbons (Fsp3) is 0.562. The molecule has 2 aliphatic rings. The van der Waals surface area contributed by atoms with Gasteiger partial charge in [-0.15, -0.1) is 0 Å². The van der Waals surface area contributed by atoms with E-state index in [1.165, 1.54) is 4.90 Å². The van der Waals surface area contributed by atoms with Crippen LogP contribution in [0.2, 0.25) is 0 Å². The number of nitrogens with one attached hydrogen (secondary N) is 1. The predicted octanol–water partition coefficient (Wildman–Crippen LogP) is 0.613. The van der Waals surface area contributed by atoms with Crippen LogP contribution >= 0.6 is 0 Å². The lowest BCUT2D eigenvalue weighted by Crippen LogP contribution is -2.49. The van der Waals surface area contributed by atoms with Gasteiger partial charge >= 0.3 is 6.03 Å². The van der Waals surface area contributed by atoms with Gasteiger partial charge in [0.25, 0.3) is 0 Å². The molecule has 3 amide bonds. The molecule has 1 unspecified atom stereocenters. The summed E-state index contributed by atoms with van der Waals surface area (Å²) in [7, 11) is 1.70. The first kappa shape index (κ1) is 15.7. The summed E-state index contributed by atoms with van der Waals surface area (Å²) in [6, 6.07) is 3.29. The van der Waals surface area contributed by atoms with Crippen LogP contribution in [0.3, 0.4) is 0 Å². The zero-order valence-corrected chi connectivity index (χ0v) is 13.3. The van der Waals surface area contributed by atoms with E-state index in [4.69, 9.17) is 4.74 Å². The van der Waals surface area contributed by atoms with E-state index in [1.54, 1.807) is 19.4 Å². The molecule has 1 aromatic heterocycles. The molecular weight excluding hydrogens is 296 g/mol. The molecule has 7 nitrogen and oxygen atoms in total. The summed E-state index contributed by atoms with van der Waals surface area (Å²) in [6.45, 7) is 2.34. The molecule has 1 N–H and O–H groups in total. The highest BCUT2D eigenvalue weighted by Crippen LogP contribution is 2.17. The summed E-state index contributed by atoms with van der Waals surface area (Å²) in [6.07, 6.45) is 5.36. The molecule has 3 heterocycles. The van der Waals surface area contributed by atoms with Crippen LogP contribution < -0.4 is 5.32 Å². The number of pyridine rings is 1. The zero-order chi connectivity index (χ0) is 16.2. The first-order valence-electron chi connectivity index (χ1n) is 7.94. The van der Waals surface area contributed by atoms with Gasteiger partial charge in [0, 0.05) is 32.5 Å². The number of hydrogen-bond donors (Lipinski definition) is 1. The number of carbonyl (C=O) groups excluding carboxylic acids is 2. The predicted molar refractivity (Wildman–Crippen MR) is 83.6 cm³/mol. The lowest BCUT2D eigenvalue weighted by Gasteiger charge is -2.33. The third-order valence-electron chi connectivity index (χ3n) is 4.36. The maximum absolute atomic E-state index is 12.4. The van der Waals surface area contributed by atoms with Crippen LogP contribution in [-0.2, 0) is 16.1 Å². The van der Waals surface area contributed by atoms with Crippen LogP contribution in [0.1, 0.15) is 18.4 Å². The third-order valence-corrected chi connectivity index (χ3v) is 4.36. The number of nitrogens with zero attached hydrogens (tertiary/aromatic N) is 3. The first-order chi connectivity index (χ1) is 11.1. The molecule has 2 aliphatic heterocycles. The molecule has 3 rings (SSSR count). The molecule has 1 atom stereocenters. The summed E-state index contributed by atoms with van der Waals surface area (Å²) in [5.74, 6) is 0.00779.